The van der Waals surface area contributed by atoms with Crippen LogP contribution < -0.4 is 21.1 Å². The van der Waals surface area contributed by atoms with Gasteiger partial charge in [0.2, 0.25) is 0 Å². The van der Waals surface area contributed by atoms with Crippen LogP contribution in [0.4, 0.5) is 17.5 Å². The molecule has 3 heterocycles. The first-order valence-corrected chi connectivity index (χ1v) is 6.98. The van der Waals surface area contributed by atoms with E-state index in [9.17, 15) is 0 Å². The minimum atomic E-state index is 0.673. The van der Waals surface area contributed by atoms with Crippen LogP contribution in [0.2, 0.25) is 0 Å². The van der Waals surface area contributed by atoms with Crippen molar-refractivity contribution in [3.05, 3.63) is 36.3 Å². The van der Waals surface area contributed by atoms with Gasteiger partial charge in [-0.15, -0.1) is 0 Å². The molecular weight excluding hydrogens is 266 g/mol. The summed E-state index contributed by atoms with van der Waals surface area (Å²) in [5, 5.41) is 0. The number of nitrogens with zero attached hydrogens (tertiary/aromatic N) is 5. The number of hydrazine groups is 1. The van der Waals surface area contributed by atoms with Gasteiger partial charge in [-0.2, -0.15) is 0 Å². The Hall–Kier alpha value is -2.41. The van der Waals surface area contributed by atoms with Crippen molar-refractivity contribution in [1.82, 2.24) is 15.0 Å². The molecule has 1 fully saturated rings. The fraction of sp³-hybridized carbons (Fsp3) is 0.357. The normalized spacial score (nSPS) is 15.1. The summed E-state index contributed by atoms with van der Waals surface area (Å²) in [6.07, 6.45) is 3.37. The monoisotopic (exact) mass is 285 g/mol. The van der Waals surface area contributed by atoms with E-state index in [2.05, 4.69) is 30.2 Å². The lowest BCUT2D eigenvalue weighted by Crippen LogP contribution is -2.47. The van der Waals surface area contributed by atoms with Crippen LogP contribution in [0, 0.1) is 6.92 Å². The summed E-state index contributed by atoms with van der Waals surface area (Å²) >= 11 is 0. The standard InChI is InChI=1S/C14H19N7/c1-11-13(19-15)17-10-18-14(11)21-8-6-20(7-9-21)12-4-2-3-5-16-12/h2-5,10H,6-9,15H2,1H3,(H,17,18,19). The van der Waals surface area contributed by atoms with Gasteiger partial charge in [0, 0.05) is 37.9 Å². The Morgan fingerprint density at radius 3 is 2.48 bits per heavy atom. The molecule has 21 heavy (non-hydrogen) atoms. The summed E-state index contributed by atoms with van der Waals surface area (Å²) in [5.41, 5.74) is 3.59. The zero-order chi connectivity index (χ0) is 14.7. The van der Waals surface area contributed by atoms with E-state index in [0.717, 1.165) is 43.4 Å². The van der Waals surface area contributed by atoms with E-state index < -0.39 is 0 Å². The van der Waals surface area contributed by atoms with Gasteiger partial charge >= 0.3 is 0 Å². The third-order valence-corrected chi connectivity index (χ3v) is 3.75. The molecule has 0 aliphatic carbocycles. The molecule has 7 nitrogen and oxygen atoms in total. The molecule has 0 bridgehead atoms. The van der Waals surface area contributed by atoms with Crippen molar-refractivity contribution in [3.63, 3.8) is 0 Å². The predicted octanol–water partition coefficient (Wildman–Crippen LogP) is 0.792. The Labute approximate surface area is 123 Å². The van der Waals surface area contributed by atoms with Crippen LogP contribution in [0.5, 0.6) is 0 Å². The van der Waals surface area contributed by atoms with Crippen LogP contribution in [0.25, 0.3) is 0 Å². The average Bonchev–Trinajstić information content (AvgIpc) is 2.56. The maximum atomic E-state index is 5.47. The molecule has 1 saturated heterocycles. The van der Waals surface area contributed by atoms with Crippen molar-refractivity contribution >= 4 is 17.5 Å². The molecule has 7 heteroatoms. The number of hydrogen-bond donors (Lipinski definition) is 2. The molecule has 0 saturated carbocycles. The Balaban J connectivity index is 1.72. The highest BCUT2D eigenvalue weighted by atomic mass is 15.3. The van der Waals surface area contributed by atoms with Gasteiger partial charge in [-0.05, 0) is 19.1 Å². The lowest BCUT2D eigenvalue weighted by molar-refractivity contribution is 0.639. The van der Waals surface area contributed by atoms with Crippen LogP contribution in [0.1, 0.15) is 5.56 Å². The summed E-state index contributed by atoms with van der Waals surface area (Å²) in [7, 11) is 0. The molecule has 0 aromatic carbocycles. The molecule has 0 atom stereocenters. The number of anilines is 3. The first kappa shape index (κ1) is 13.6. The number of nitrogens with one attached hydrogen (secondary N) is 1. The Kier molecular flexibility index (Phi) is 3.83. The molecule has 3 rings (SSSR count). The Morgan fingerprint density at radius 1 is 1.05 bits per heavy atom. The summed E-state index contributed by atoms with van der Waals surface area (Å²) in [4.78, 5) is 17.5. The predicted molar refractivity (Wildman–Crippen MR) is 83.2 cm³/mol. The zero-order valence-corrected chi connectivity index (χ0v) is 12.0. The number of pyridine rings is 1. The van der Waals surface area contributed by atoms with Crippen molar-refractivity contribution < 1.29 is 0 Å². The van der Waals surface area contributed by atoms with E-state index in [4.69, 9.17) is 5.84 Å². The summed E-state index contributed by atoms with van der Waals surface area (Å²) in [5.74, 6) is 8.12. The SMILES string of the molecule is Cc1c(NN)ncnc1N1CCN(c2ccccn2)CC1. The molecule has 2 aromatic rings. The van der Waals surface area contributed by atoms with Gasteiger partial charge in [-0.3, -0.25) is 0 Å². The van der Waals surface area contributed by atoms with Crippen molar-refractivity contribution in [2.24, 2.45) is 5.84 Å². The molecule has 3 N–H and O–H groups in total. The third kappa shape index (κ3) is 2.73. The average molecular weight is 285 g/mol. The van der Waals surface area contributed by atoms with Crippen molar-refractivity contribution in [1.29, 1.82) is 0 Å². The van der Waals surface area contributed by atoms with Crippen LogP contribution in [0.15, 0.2) is 30.7 Å². The first-order chi connectivity index (χ1) is 10.3. The second-order valence-electron chi connectivity index (χ2n) is 4.98. The minimum Gasteiger partial charge on any atom is -0.353 e. The van der Waals surface area contributed by atoms with Crippen molar-refractivity contribution in [2.45, 2.75) is 6.92 Å². The molecule has 2 aromatic heterocycles. The highest BCUT2D eigenvalue weighted by Gasteiger charge is 2.21. The number of aromatic nitrogens is 3. The van der Waals surface area contributed by atoms with E-state index in [1.807, 2.05) is 31.3 Å². The van der Waals surface area contributed by atoms with E-state index in [0.29, 0.717) is 5.82 Å². The van der Waals surface area contributed by atoms with Gasteiger partial charge in [-0.25, -0.2) is 20.8 Å². The molecule has 1 aliphatic rings. The molecule has 0 unspecified atom stereocenters. The fourth-order valence-electron chi connectivity index (χ4n) is 2.59. The highest BCUT2D eigenvalue weighted by molar-refractivity contribution is 5.58. The number of hydrogen-bond acceptors (Lipinski definition) is 7. The third-order valence-electron chi connectivity index (χ3n) is 3.75. The topological polar surface area (TPSA) is 83.2 Å². The van der Waals surface area contributed by atoms with E-state index in [1.54, 1.807) is 6.33 Å². The summed E-state index contributed by atoms with van der Waals surface area (Å²) < 4.78 is 0. The molecule has 0 spiro atoms. The minimum absolute atomic E-state index is 0.673. The zero-order valence-electron chi connectivity index (χ0n) is 12.0. The molecule has 110 valence electrons. The Bertz CT molecular complexity index is 594. The van der Waals surface area contributed by atoms with E-state index in [1.165, 1.54) is 0 Å². The van der Waals surface area contributed by atoms with Crippen LogP contribution in [-0.4, -0.2) is 41.1 Å². The first-order valence-electron chi connectivity index (χ1n) is 6.98. The number of piperazine rings is 1. The quantitative estimate of drug-likeness (QED) is 0.637. The lowest BCUT2D eigenvalue weighted by Gasteiger charge is -2.36. The van der Waals surface area contributed by atoms with Crippen molar-refractivity contribution in [2.75, 3.05) is 41.4 Å². The fourth-order valence-corrected chi connectivity index (χ4v) is 2.59. The second-order valence-corrected chi connectivity index (χ2v) is 4.98. The maximum Gasteiger partial charge on any atom is 0.148 e. The Morgan fingerprint density at radius 2 is 1.81 bits per heavy atom. The number of nitrogens with two attached hydrogens (primary N) is 1. The van der Waals surface area contributed by atoms with Crippen LogP contribution >= 0.6 is 0 Å². The number of rotatable bonds is 3. The lowest BCUT2D eigenvalue weighted by atomic mass is 10.2. The largest absolute Gasteiger partial charge is 0.353 e. The van der Waals surface area contributed by atoms with E-state index >= 15 is 0 Å². The van der Waals surface area contributed by atoms with Gasteiger partial charge in [0.15, 0.2) is 0 Å². The molecule has 0 amide bonds. The number of nitrogen functional groups attached to an aromatic ring is 1. The smallest absolute Gasteiger partial charge is 0.148 e. The summed E-state index contributed by atoms with van der Waals surface area (Å²) in [6, 6.07) is 6.00. The highest BCUT2D eigenvalue weighted by Crippen LogP contribution is 2.23. The maximum absolute atomic E-state index is 5.47. The van der Waals surface area contributed by atoms with Gasteiger partial charge in [0.05, 0.1) is 0 Å². The molecular formula is C14H19N7. The molecule has 1 aliphatic heterocycles. The molecule has 0 radical (unpaired) electrons. The second kappa shape index (κ2) is 5.92. The van der Waals surface area contributed by atoms with E-state index in [-0.39, 0.29) is 0 Å². The van der Waals surface area contributed by atoms with Crippen LogP contribution in [-0.2, 0) is 0 Å². The van der Waals surface area contributed by atoms with Gasteiger partial charge in [-0.1, -0.05) is 6.07 Å². The van der Waals surface area contributed by atoms with Gasteiger partial charge in [0.1, 0.15) is 23.8 Å². The summed E-state index contributed by atoms with van der Waals surface area (Å²) in [6.45, 7) is 5.63. The van der Waals surface area contributed by atoms with Crippen LogP contribution in [0.3, 0.4) is 0 Å². The van der Waals surface area contributed by atoms with Gasteiger partial charge in [0.25, 0.3) is 0 Å². The van der Waals surface area contributed by atoms with Crippen molar-refractivity contribution in [3.8, 4) is 0 Å². The van der Waals surface area contributed by atoms with Gasteiger partial charge < -0.3 is 15.2 Å².